The van der Waals surface area contributed by atoms with Crippen molar-refractivity contribution >= 4 is 20.9 Å². The number of aryl methyl sites for hydroxylation is 2. The molecule has 0 aliphatic rings. The molecule has 0 fully saturated rings. The first-order valence-corrected chi connectivity index (χ1v) is 6.88. The van der Waals surface area contributed by atoms with Crippen molar-refractivity contribution in [1.82, 2.24) is 9.71 Å². The highest BCUT2D eigenvalue weighted by Gasteiger charge is 2.20. The molecule has 0 unspecified atom stereocenters. The number of rotatable bonds is 2. The topological polar surface area (TPSA) is 79.3 Å². The van der Waals surface area contributed by atoms with E-state index in [0.717, 1.165) is 16.6 Å². The van der Waals surface area contributed by atoms with Crippen LogP contribution in [-0.4, -0.2) is 25.6 Å². The summed E-state index contributed by atoms with van der Waals surface area (Å²) in [5.41, 5.74) is 1.78. The number of nitrogens with one attached hydrogen (secondary N) is 1. The Balaban J connectivity index is 2.92. The van der Waals surface area contributed by atoms with Gasteiger partial charge in [0.05, 0.1) is 0 Å². The first-order valence-electron chi connectivity index (χ1n) is 5.40. The van der Waals surface area contributed by atoms with Crippen molar-refractivity contribution in [3.8, 4) is 5.75 Å². The molecule has 0 bridgehead atoms. The number of hydrogen-bond donors (Lipinski definition) is 2. The molecule has 2 aromatic rings. The molecule has 0 aliphatic carbocycles. The summed E-state index contributed by atoms with van der Waals surface area (Å²) in [4.78, 5) is 4.06. The summed E-state index contributed by atoms with van der Waals surface area (Å²) >= 11 is 0. The van der Waals surface area contributed by atoms with Crippen molar-refractivity contribution < 1.29 is 13.5 Å². The van der Waals surface area contributed by atoms with Gasteiger partial charge in [0.25, 0.3) is 0 Å². The van der Waals surface area contributed by atoms with Crippen LogP contribution in [0.25, 0.3) is 10.9 Å². The molecule has 0 aliphatic heterocycles. The predicted octanol–water partition coefficient (Wildman–Crippen LogP) is 1.47. The van der Waals surface area contributed by atoms with E-state index in [9.17, 15) is 13.5 Å². The Hall–Kier alpha value is -1.66. The van der Waals surface area contributed by atoms with E-state index in [1.807, 2.05) is 12.1 Å². The third kappa shape index (κ3) is 1.93. The number of phenols is 1. The van der Waals surface area contributed by atoms with Crippen molar-refractivity contribution in [1.29, 1.82) is 0 Å². The average molecular weight is 266 g/mol. The maximum absolute atomic E-state index is 11.8. The third-order valence-electron chi connectivity index (χ3n) is 2.82. The van der Waals surface area contributed by atoms with Gasteiger partial charge < -0.3 is 5.11 Å². The van der Waals surface area contributed by atoms with Gasteiger partial charge in [-0.3, -0.25) is 0 Å². The molecule has 0 spiro atoms. The van der Waals surface area contributed by atoms with Crippen LogP contribution in [0.3, 0.4) is 0 Å². The first kappa shape index (κ1) is 12.8. The zero-order valence-electron chi connectivity index (χ0n) is 10.4. The zero-order valence-corrected chi connectivity index (χ0v) is 11.2. The number of fused-ring (bicyclic) bond motifs is 1. The molecular formula is C12H14N2O3S. The van der Waals surface area contributed by atoms with Crippen LogP contribution in [0, 0.1) is 13.8 Å². The van der Waals surface area contributed by atoms with Gasteiger partial charge in [0.2, 0.25) is 10.0 Å². The van der Waals surface area contributed by atoms with Crippen LogP contribution in [0.4, 0.5) is 0 Å². The van der Waals surface area contributed by atoms with E-state index in [2.05, 4.69) is 9.71 Å². The number of benzene rings is 1. The quantitative estimate of drug-likeness (QED) is 0.862. The molecule has 96 valence electrons. The normalized spacial score (nSPS) is 11.9. The van der Waals surface area contributed by atoms with E-state index in [-0.39, 0.29) is 10.6 Å². The molecule has 0 atom stereocenters. The van der Waals surface area contributed by atoms with Gasteiger partial charge in [0, 0.05) is 11.1 Å². The molecule has 0 saturated carbocycles. The summed E-state index contributed by atoms with van der Waals surface area (Å²) in [7, 11) is -2.39. The van der Waals surface area contributed by atoms with Crippen molar-refractivity contribution in [3.05, 3.63) is 29.5 Å². The highest BCUT2D eigenvalue weighted by Crippen LogP contribution is 2.32. The van der Waals surface area contributed by atoms with Gasteiger partial charge in [-0.05, 0) is 38.6 Å². The molecule has 1 heterocycles. The van der Waals surface area contributed by atoms with E-state index >= 15 is 0 Å². The van der Waals surface area contributed by atoms with Gasteiger partial charge in [-0.1, -0.05) is 6.07 Å². The minimum atomic E-state index is -3.70. The van der Waals surface area contributed by atoms with Gasteiger partial charge in [-0.25, -0.2) is 18.1 Å². The second-order valence-electron chi connectivity index (χ2n) is 4.10. The summed E-state index contributed by atoms with van der Waals surface area (Å²) in [6, 6.07) is 5.09. The lowest BCUT2D eigenvalue weighted by Gasteiger charge is -2.10. The molecule has 0 radical (unpaired) electrons. The number of hydrogen-bond acceptors (Lipinski definition) is 4. The van der Waals surface area contributed by atoms with Crippen LogP contribution < -0.4 is 4.72 Å². The highest BCUT2D eigenvalue weighted by molar-refractivity contribution is 7.89. The molecular weight excluding hydrogens is 252 g/mol. The maximum Gasteiger partial charge on any atom is 0.244 e. The number of aromatic nitrogens is 1. The fourth-order valence-electron chi connectivity index (χ4n) is 1.83. The second kappa shape index (κ2) is 4.22. The molecule has 2 rings (SSSR count). The van der Waals surface area contributed by atoms with Gasteiger partial charge in [-0.15, -0.1) is 0 Å². The van der Waals surface area contributed by atoms with E-state index in [4.69, 9.17) is 0 Å². The van der Waals surface area contributed by atoms with E-state index < -0.39 is 10.0 Å². The molecule has 2 N–H and O–H groups in total. The Labute approximate surface area is 106 Å². The summed E-state index contributed by atoms with van der Waals surface area (Å²) < 4.78 is 25.8. The summed E-state index contributed by atoms with van der Waals surface area (Å²) in [6.45, 7) is 3.57. The number of nitrogens with zero attached hydrogens (tertiary/aromatic N) is 1. The molecule has 1 aromatic carbocycles. The molecule has 5 nitrogen and oxygen atoms in total. The van der Waals surface area contributed by atoms with Gasteiger partial charge in [0.1, 0.15) is 10.4 Å². The number of aromatic hydroxyl groups is 1. The zero-order chi connectivity index (χ0) is 13.5. The lowest BCUT2D eigenvalue weighted by molar-refractivity contribution is 0.463. The van der Waals surface area contributed by atoms with E-state index in [1.54, 1.807) is 13.8 Å². The average Bonchev–Trinajstić information content (AvgIpc) is 2.33. The fourth-order valence-corrected chi connectivity index (χ4v) is 2.73. The van der Waals surface area contributed by atoms with Gasteiger partial charge in [0.15, 0.2) is 5.75 Å². The van der Waals surface area contributed by atoms with Crippen molar-refractivity contribution in [2.45, 2.75) is 18.7 Å². The van der Waals surface area contributed by atoms with E-state index in [1.165, 1.54) is 13.1 Å². The van der Waals surface area contributed by atoms with Crippen LogP contribution in [0.5, 0.6) is 5.75 Å². The first-order chi connectivity index (χ1) is 8.36. The molecule has 0 saturated heterocycles. The van der Waals surface area contributed by atoms with Crippen molar-refractivity contribution in [2.75, 3.05) is 7.05 Å². The Kier molecular flexibility index (Phi) is 3.00. The maximum atomic E-state index is 11.8. The molecule has 0 amide bonds. The predicted molar refractivity (Wildman–Crippen MR) is 69.1 cm³/mol. The number of pyridine rings is 1. The summed E-state index contributed by atoms with van der Waals surface area (Å²) in [5.74, 6) is -0.311. The highest BCUT2D eigenvalue weighted by atomic mass is 32.2. The standard InChI is InChI=1S/C12H14N2O3S/c1-7-6-10(18(16,17)13-3)12(15)11-9(7)5-4-8(2)14-11/h4-6,13,15H,1-3H3. The largest absolute Gasteiger partial charge is 0.504 e. The minimum absolute atomic E-state index is 0.145. The Morgan fingerprint density at radius 2 is 1.94 bits per heavy atom. The fraction of sp³-hybridized carbons (Fsp3) is 0.250. The smallest absolute Gasteiger partial charge is 0.244 e. The van der Waals surface area contributed by atoms with Crippen LogP contribution in [0.15, 0.2) is 23.1 Å². The Morgan fingerprint density at radius 1 is 1.28 bits per heavy atom. The minimum Gasteiger partial charge on any atom is -0.504 e. The molecule has 18 heavy (non-hydrogen) atoms. The monoisotopic (exact) mass is 266 g/mol. The Morgan fingerprint density at radius 3 is 2.56 bits per heavy atom. The lowest BCUT2D eigenvalue weighted by atomic mass is 10.1. The Bertz CT molecular complexity index is 724. The summed E-state index contributed by atoms with van der Waals surface area (Å²) in [5, 5.41) is 10.8. The van der Waals surface area contributed by atoms with Crippen LogP contribution in [0.2, 0.25) is 0 Å². The van der Waals surface area contributed by atoms with Crippen LogP contribution >= 0.6 is 0 Å². The van der Waals surface area contributed by atoms with Gasteiger partial charge >= 0.3 is 0 Å². The molecule has 1 aromatic heterocycles. The molecule has 6 heteroatoms. The number of sulfonamides is 1. The third-order valence-corrected chi connectivity index (χ3v) is 4.25. The van der Waals surface area contributed by atoms with Crippen molar-refractivity contribution in [2.24, 2.45) is 0 Å². The van der Waals surface area contributed by atoms with Gasteiger partial charge in [-0.2, -0.15) is 0 Å². The SMILES string of the molecule is CNS(=O)(=O)c1cc(C)c2ccc(C)nc2c1O. The van der Waals surface area contributed by atoms with Crippen LogP contribution in [0.1, 0.15) is 11.3 Å². The lowest BCUT2D eigenvalue weighted by Crippen LogP contribution is -2.19. The number of phenolic OH excluding ortho intramolecular Hbond substituents is 1. The summed E-state index contributed by atoms with van der Waals surface area (Å²) in [6.07, 6.45) is 0. The van der Waals surface area contributed by atoms with Crippen molar-refractivity contribution in [3.63, 3.8) is 0 Å². The van der Waals surface area contributed by atoms with Crippen LogP contribution in [-0.2, 0) is 10.0 Å². The second-order valence-corrected chi connectivity index (χ2v) is 5.95. The van der Waals surface area contributed by atoms with E-state index in [0.29, 0.717) is 5.52 Å².